The second-order valence-corrected chi connectivity index (χ2v) is 8.38. The number of carbonyl (C=O) groups excluding carboxylic acids is 1. The van der Waals surface area contributed by atoms with Gasteiger partial charge in [-0.3, -0.25) is 4.79 Å². The molecule has 0 saturated carbocycles. The Balaban J connectivity index is 1.62. The maximum Gasteiger partial charge on any atom is 0.410 e. The summed E-state index contributed by atoms with van der Waals surface area (Å²) < 4.78 is 47.6. The molecule has 0 spiro atoms. The number of nitrogens with one attached hydrogen (secondary N) is 1. The molecule has 0 unspecified atom stereocenters. The van der Waals surface area contributed by atoms with E-state index in [-0.39, 0.29) is 30.3 Å². The first-order valence-corrected chi connectivity index (χ1v) is 10.1. The number of alkyl halides is 3. The third-order valence-electron chi connectivity index (χ3n) is 6.13. The van der Waals surface area contributed by atoms with Gasteiger partial charge in [0.05, 0.1) is 11.7 Å². The predicted octanol–water partition coefficient (Wildman–Crippen LogP) is 3.67. The molecular weight excluding hydrogens is 373 g/mol. The number of amides is 1. The number of likely N-dealkylation sites (tertiary alicyclic amines) is 1. The number of hydrogen-bond acceptors (Lipinski definition) is 4. The van der Waals surface area contributed by atoms with Crippen LogP contribution in [0.4, 0.5) is 19.0 Å². The lowest BCUT2D eigenvalue weighted by atomic mass is 9.94. The highest BCUT2D eigenvalue weighted by Crippen LogP contribution is 2.42. The van der Waals surface area contributed by atoms with E-state index in [1.165, 1.54) is 0 Å². The zero-order valence-electron chi connectivity index (χ0n) is 16.2. The Morgan fingerprint density at radius 1 is 1.32 bits per heavy atom. The van der Waals surface area contributed by atoms with Gasteiger partial charge in [0.2, 0.25) is 0 Å². The fourth-order valence-electron chi connectivity index (χ4n) is 4.52. The number of anilines is 1. The fraction of sp³-hybridized carbons (Fsp3) is 0.789. The van der Waals surface area contributed by atoms with Gasteiger partial charge >= 0.3 is 6.18 Å². The molecule has 3 aliphatic heterocycles. The Morgan fingerprint density at radius 2 is 2.11 bits per heavy atom. The fourth-order valence-corrected chi connectivity index (χ4v) is 4.52. The highest BCUT2D eigenvalue weighted by Gasteiger charge is 2.47. The molecule has 9 heteroatoms. The van der Waals surface area contributed by atoms with Crippen LogP contribution < -0.4 is 5.32 Å². The molecule has 0 aliphatic carbocycles. The van der Waals surface area contributed by atoms with Crippen LogP contribution in [0, 0.1) is 5.92 Å². The Bertz CT molecular complexity index is 727. The van der Waals surface area contributed by atoms with Crippen molar-refractivity contribution in [1.82, 2.24) is 14.7 Å². The molecule has 4 rings (SSSR count). The minimum atomic E-state index is -4.36. The second-order valence-electron chi connectivity index (χ2n) is 8.38. The molecule has 0 aromatic carbocycles. The Labute approximate surface area is 162 Å². The van der Waals surface area contributed by atoms with Crippen LogP contribution in [0.15, 0.2) is 6.07 Å². The summed E-state index contributed by atoms with van der Waals surface area (Å²) in [4.78, 5) is 14.6. The smallest absolute Gasteiger partial charge is 0.368 e. The van der Waals surface area contributed by atoms with Gasteiger partial charge in [-0.25, -0.2) is 4.68 Å². The van der Waals surface area contributed by atoms with Gasteiger partial charge in [-0.15, -0.1) is 0 Å². The van der Waals surface area contributed by atoms with Crippen molar-refractivity contribution < 1.29 is 22.7 Å². The van der Waals surface area contributed by atoms with Crippen molar-refractivity contribution >= 4 is 11.7 Å². The van der Waals surface area contributed by atoms with Crippen molar-refractivity contribution in [2.75, 3.05) is 18.5 Å². The number of nitrogens with zero attached hydrogens (tertiary/aromatic N) is 3. The average molecular weight is 400 g/mol. The van der Waals surface area contributed by atoms with Crippen LogP contribution in [0.5, 0.6) is 0 Å². The summed E-state index contributed by atoms with van der Waals surface area (Å²) in [5.74, 6) is 0.395. The van der Waals surface area contributed by atoms with Crippen LogP contribution in [-0.2, 0) is 9.53 Å². The molecule has 1 aromatic heterocycles. The molecule has 3 aliphatic rings. The summed E-state index contributed by atoms with van der Waals surface area (Å²) in [6.07, 6.45) is -1.75. The van der Waals surface area contributed by atoms with E-state index in [4.69, 9.17) is 4.74 Å². The van der Waals surface area contributed by atoms with Crippen molar-refractivity contribution in [3.05, 3.63) is 11.8 Å². The van der Waals surface area contributed by atoms with Crippen LogP contribution in [0.2, 0.25) is 0 Å². The number of halogens is 3. The highest BCUT2D eigenvalue weighted by atomic mass is 19.4. The standard InChI is InChI=1S/C19H27F3N4O2/c1-11(2)12-9-16(19(20,21)22)26-17(23-12)10-13(24-26)14-5-3-7-25(14)18(27)15-6-4-8-28-15/h10-12,14-16,23H,3-9H2,1-2H3/t12-,14-,15-,16+/m0/s1. The van der Waals surface area contributed by atoms with Gasteiger partial charge in [0.1, 0.15) is 11.9 Å². The quantitative estimate of drug-likeness (QED) is 0.841. The lowest BCUT2D eigenvalue weighted by Crippen LogP contribution is -2.41. The molecule has 4 heterocycles. The number of fused-ring (bicyclic) bond motifs is 1. The minimum Gasteiger partial charge on any atom is -0.368 e. The van der Waals surface area contributed by atoms with E-state index < -0.39 is 18.3 Å². The van der Waals surface area contributed by atoms with E-state index in [0.29, 0.717) is 37.5 Å². The summed E-state index contributed by atoms with van der Waals surface area (Å²) >= 11 is 0. The lowest BCUT2D eigenvalue weighted by molar-refractivity contribution is -0.174. The van der Waals surface area contributed by atoms with E-state index in [9.17, 15) is 18.0 Å². The van der Waals surface area contributed by atoms with Gasteiger partial charge in [0, 0.05) is 25.3 Å². The normalized spacial score (nSPS) is 30.6. The van der Waals surface area contributed by atoms with Crippen molar-refractivity contribution in [2.45, 2.75) is 76.4 Å². The van der Waals surface area contributed by atoms with Crippen molar-refractivity contribution in [3.63, 3.8) is 0 Å². The summed E-state index contributed by atoms with van der Waals surface area (Å²) in [5.41, 5.74) is 0.532. The Hall–Kier alpha value is -1.77. The summed E-state index contributed by atoms with van der Waals surface area (Å²) in [5, 5.41) is 7.55. The maximum absolute atomic E-state index is 13.7. The first kappa shape index (κ1) is 19.5. The molecule has 2 saturated heterocycles. The van der Waals surface area contributed by atoms with E-state index in [1.54, 1.807) is 11.0 Å². The molecule has 0 bridgehead atoms. The number of rotatable bonds is 3. The second kappa shape index (κ2) is 7.24. The Kier molecular flexibility index (Phi) is 5.05. The monoisotopic (exact) mass is 400 g/mol. The van der Waals surface area contributed by atoms with E-state index >= 15 is 0 Å². The molecule has 28 heavy (non-hydrogen) atoms. The molecule has 6 nitrogen and oxygen atoms in total. The van der Waals surface area contributed by atoms with Crippen LogP contribution in [0.25, 0.3) is 0 Å². The Morgan fingerprint density at radius 3 is 2.75 bits per heavy atom. The third kappa shape index (κ3) is 3.49. The lowest BCUT2D eigenvalue weighted by Gasteiger charge is -2.35. The number of hydrogen-bond donors (Lipinski definition) is 1. The van der Waals surface area contributed by atoms with Gasteiger partial charge < -0.3 is 15.0 Å². The van der Waals surface area contributed by atoms with Crippen LogP contribution >= 0.6 is 0 Å². The predicted molar refractivity (Wildman–Crippen MR) is 96.8 cm³/mol. The average Bonchev–Trinajstić information content (AvgIpc) is 3.38. The van der Waals surface area contributed by atoms with Gasteiger partial charge in [-0.1, -0.05) is 13.8 Å². The van der Waals surface area contributed by atoms with Gasteiger partial charge in [0.25, 0.3) is 5.91 Å². The topological polar surface area (TPSA) is 59.4 Å². The number of aromatic nitrogens is 2. The van der Waals surface area contributed by atoms with Crippen molar-refractivity contribution in [2.24, 2.45) is 5.92 Å². The largest absolute Gasteiger partial charge is 0.410 e. The summed E-state index contributed by atoms with van der Waals surface area (Å²) in [7, 11) is 0. The molecule has 0 radical (unpaired) electrons. The van der Waals surface area contributed by atoms with Crippen LogP contribution in [0.3, 0.4) is 0 Å². The van der Waals surface area contributed by atoms with Crippen molar-refractivity contribution in [3.8, 4) is 0 Å². The summed E-state index contributed by atoms with van der Waals surface area (Å²) in [6.45, 7) is 5.01. The molecule has 156 valence electrons. The molecular formula is C19H27F3N4O2. The maximum atomic E-state index is 13.7. The van der Waals surface area contributed by atoms with Gasteiger partial charge in [-0.2, -0.15) is 18.3 Å². The molecule has 4 atom stereocenters. The van der Waals surface area contributed by atoms with Gasteiger partial charge in [0.15, 0.2) is 6.04 Å². The molecule has 2 fully saturated rings. The van der Waals surface area contributed by atoms with Crippen LogP contribution in [0.1, 0.15) is 63.7 Å². The third-order valence-corrected chi connectivity index (χ3v) is 6.13. The molecule has 1 amide bonds. The van der Waals surface area contributed by atoms with Gasteiger partial charge in [-0.05, 0) is 38.0 Å². The van der Waals surface area contributed by atoms with E-state index in [2.05, 4.69) is 10.4 Å². The highest BCUT2D eigenvalue weighted by molar-refractivity contribution is 5.82. The van der Waals surface area contributed by atoms with Crippen LogP contribution in [-0.4, -0.2) is 52.1 Å². The SMILES string of the molecule is CC(C)[C@@H]1C[C@H](C(F)(F)F)n2nc([C@@H]3CCCN3C(=O)[C@@H]3CCCO3)cc2N1. The number of ether oxygens (including phenoxy) is 1. The zero-order chi connectivity index (χ0) is 20.1. The molecule has 1 N–H and O–H groups in total. The molecule has 1 aromatic rings. The minimum absolute atomic E-state index is 0.0431. The number of carbonyl (C=O) groups is 1. The first-order chi connectivity index (χ1) is 13.3. The van der Waals surface area contributed by atoms with Crippen molar-refractivity contribution in [1.29, 1.82) is 0 Å². The van der Waals surface area contributed by atoms with E-state index in [1.807, 2.05) is 13.8 Å². The summed E-state index contributed by atoms with van der Waals surface area (Å²) in [6, 6.07) is -0.507. The first-order valence-electron chi connectivity index (χ1n) is 10.1. The van der Waals surface area contributed by atoms with E-state index in [0.717, 1.165) is 17.5 Å². The zero-order valence-corrected chi connectivity index (χ0v) is 16.2.